The molecule has 1 aromatic carbocycles. The van der Waals surface area contributed by atoms with Crippen LogP contribution in [0.5, 0.6) is 0 Å². The lowest BCUT2D eigenvalue weighted by Gasteiger charge is -2.10. The van der Waals surface area contributed by atoms with Crippen molar-refractivity contribution in [2.75, 3.05) is 40.4 Å². The lowest BCUT2D eigenvalue weighted by Crippen LogP contribution is -2.28. The molecule has 1 N–H and O–H groups in total. The lowest BCUT2D eigenvalue weighted by atomic mass is 10.1. The predicted molar refractivity (Wildman–Crippen MR) is 77.7 cm³/mol. The van der Waals surface area contributed by atoms with E-state index in [2.05, 4.69) is 10.2 Å². The van der Waals surface area contributed by atoms with E-state index in [9.17, 15) is 4.79 Å². The van der Waals surface area contributed by atoms with E-state index < -0.39 is 0 Å². The Morgan fingerprint density at radius 1 is 1.37 bits per heavy atom. The van der Waals surface area contributed by atoms with Crippen LogP contribution < -0.4 is 5.32 Å². The number of halogens is 1. The monoisotopic (exact) mass is 284 g/mol. The van der Waals surface area contributed by atoms with Crippen LogP contribution in [0.1, 0.15) is 15.9 Å². The van der Waals surface area contributed by atoms with Gasteiger partial charge in [0.1, 0.15) is 0 Å². The van der Waals surface area contributed by atoms with Gasteiger partial charge in [0.15, 0.2) is 0 Å². The highest BCUT2D eigenvalue weighted by Gasteiger charge is 2.05. The van der Waals surface area contributed by atoms with Crippen molar-refractivity contribution in [2.24, 2.45) is 0 Å². The summed E-state index contributed by atoms with van der Waals surface area (Å²) in [6.45, 7) is 2.59. The van der Waals surface area contributed by atoms with E-state index >= 15 is 0 Å². The van der Waals surface area contributed by atoms with Gasteiger partial charge in [-0.25, -0.2) is 0 Å². The van der Waals surface area contributed by atoms with E-state index in [4.69, 9.17) is 16.3 Å². The van der Waals surface area contributed by atoms with Gasteiger partial charge in [0, 0.05) is 24.5 Å². The molecule has 0 saturated heterocycles. The third-order valence-electron chi connectivity index (χ3n) is 2.56. The molecule has 0 aliphatic heterocycles. The van der Waals surface area contributed by atoms with Crippen molar-refractivity contribution in [3.05, 3.63) is 35.4 Å². The number of nitrogens with zero attached hydrogens (tertiary/aromatic N) is 1. The van der Waals surface area contributed by atoms with E-state index in [-0.39, 0.29) is 5.91 Å². The minimum absolute atomic E-state index is 0.0943. The average molecular weight is 285 g/mol. The maximum atomic E-state index is 11.8. The molecule has 1 rings (SSSR count). The van der Waals surface area contributed by atoms with Crippen molar-refractivity contribution in [2.45, 2.75) is 5.88 Å². The molecule has 0 aromatic heterocycles. The average Bonchev–Trinajstić information content (AvgIpc) is 2.42. The summed E-state index contributed by atoms with van der Waals surface area (Å²) in [7, 11) is 3.99. The van der Waals surface area contributed by atoms with Crippen molar-refractivity contribution in [1.29, 1.82) is 0 Å². The summed E-state index contributed by atoms with van der Waals surface area (Å²) in [5, 5.41) is 2.82. The van der Waals surface area contributed by atoms with E-state index in [0.717, 1.165) is 12.1 Å². The minimum Gasteiger partial charge on any atom is -0.378 e. The highest BCUT2D eigenvalue weighted by Crippen LogP contribution is 2.07. The number of carbonyl (C=O) groups excluding carboxylic acids is 1. The van der Waals surface area contributed by atoms with Gasteiger partial charge in [-0.05, 0) is 31.8 Å². The summed E-state index contributed by atoms with van der Waals surface area (Å²) >= 11 is 5.73. The topological polar surface area (TPSA) is 41.6 Å². The Kier molecular flexibility index (Phi) is 7.48. The molecule has 0 bridgehead atoms. The molecule has 5 heteroatoms. The van der Waals surface area contributed by atoms with Crippen LogP contribution in [0.15, 0.2) is 24.3 Å². The number of ether oxygens (including phenoxy) is 1. The first-order valence-electron chi connectivity index (χ1n) is 6.29. The molecule has 0 spiro atoms. The Labute approximate surface area is 119 Å². The molecule has 1 aromatic rings. The van der Waals surface area contributed by atoms with Gasteiger partial charge in [0.05, 0.1) is 13.2 Å². The molecule has 0 unspecified atom stereocenters. The summed E-state index contributed by atoms with van der Waals surface area (Å²) in [6, 6.07) is 7.31. The molecule has 0 heterocycles. The summed E-state index contributed by atoms with van der Waals surface area (Å²) in [4.78, 5) is 13.9. The number of benzene rings is 1. The van der Waals surface area contributed by atoms with Crippen molar-refractivity contribution in [3.63, 3.8) is 0 Å². The van der Waals surface area contributed by atoms with Crippen LogP contribution in [-0.2, 0) is 10.6 Å². The van der Waals surface area contributed by atoms with E-state index in [0.29, 0.717) is 31.2 Å². The van der Waals surface area contributed by atoms with Crippen LogP contribution >= 0.6 is 11.6 Å². The van der Waals surface area contributed by atoms with Gasteiger partial charge in [0.2, 0.25) is 0 Å². The fourth-order valence-corrected chi connectivity index (χ4v) is 1.65. The third-order valence-corrected chi connectivity index (χ3v) is 2.87. The quantitative estimate of drug-likeness (QED) is 0.584. The van der Waals surface area contributed by atoms with E-state index in [1.807, 2.05) is 26.2 Å². The normalized spacial score (nSPS) is 10.7. The van der Waals surface area contributed by atoms with Crippen molar-refractivity contribution in [1.82, 2.24) is 10.2 Å². The fourth-order valence-electron chi connectivity index (χ4n) is 1.48. The van der Waals surface area contributed by atoms with Crippen molar-refractivity contribution >= 4 is 17.5 Å². The number of alkyl halides is 1. The second kappa shape index (κ2) is 8.91. The molecule has 106 valence electrons. The highest BCUT2D eigenvalue weighted by atomic mass is 35.5. The van der Waals surface area contributed by atoms with Gasteiger partial charge >= 0.3 is 0 Å². The zero-order chi connectivity index (χ0) is 14.1. The lowest BCUT2D eigenvalue weighted by molar-refractivity contribution is 0.0900. The first kappa shape index (κ1) is 16.0. The Bertz CT molecular complexity index is 397. The molecule has 0 aliphatic carbocycles. The number of likely N-dealkylation sites (N-methyl/N-ethyl adjacent to an activating group) is 1. The molecule has 1 amide bonds. The third kappa shape index (κ3) is 6.57. The van der Waals surface area contributed by atoms with Crippen molar-refractivity contribution < 1.29 is 9.53 Å². The Morgan fingerprint density at radius 2 is 2.16 bits per heavy atom. The SMILES string of the molecule is CN(C)CCOCCNC(=O)c1cccc(CCl)c1. The number of amides is 1. The number of hydrogen-bond acceptors (Lipinski definition) is 3. The number of rotatable bonds is 8. The first-order chi connectivity index (χ1) is 9.13. The summed E-state index contributed by atoms with van der Waals surface area (Å²) in [5.41, 5.74) is 1.57. The second-order valence-electron chi connectivity index (χ2n) is 4.51. The maximum Gasteiger partial charge on any atom is 0.251 e. The van der Waals surface area contributed by atoms with Gasteiger partial charge in [-0.3, -0.25) is 4.79 Å². The summed E-state index contributed by atoms with van der Waals surface area (Å²) in [5.74, 6) is 0.317. The molecule has 0 atom stereocenters. The van der Waals surface area contributed by atoms with Gasteiger partial charge in [-0.2, -0.15) is 0 Å². The summed E-state index contributed by atoms with van der Waals surface area (Å²) in [6.07, 6.45) is 0. The number of nitrogens with one attached hydrogen (secondary N) is 1. The van der Waals surface area contributed by atoms with Gasteiger partial charge in [-0.15, -0.1) is 11.6 Å². The van der Waals surface area contributed by atoms with Crippen LogP contribution in [0.2, 0.25) is 0 Å². The molecular weight excluding hydrogens is 264 g/mol. The largest absolute Gasteiger partial charge is 0.378 e. The van der Waals surface area contributed by atoms with Crippen LogP contribution in [0, 0.1) is 0 Å². The van der Waals surface area contributed by atoms with Crippen LogP contribution in [-0.4, -0.2) is 51.2 Å². The molecule has 0 fully saturated rings. The van der Waals surface area contributed by atoms with Gasteiger partial charge in [0.25, 0.3) is 5.91 Å². The Balaban J connectivity index is 2.23. The molecule has 4 nitrogen and oxygen atoms in total. The van der Waals surface area contributed by atoms with E-state index in [1.165, 1.54) is 0 Å². The van der Waals surface area contributed by atoms with Gasteiger partial charge < -0.3 is 15.0 Å². The fraction of sp³-hybridized carbons (Fsp3) is 0.500. The Hall–Kier alpha value is -1.10. The molecule has 19 heavy (non-hydrogen) atoms. The first-order valence-corrected chi connectivity index (χ1v) is 6.82. The number of carbonyl (C=O) groups is 1. The van der Waals surface area contributed by atoms with Crippen LogP contribution in [0.4, 0.5) is 0 Å². The molecule has 0 radical (unpaired) electrons. The zero-order valence-electron chi connectivity index (χ0n) is 11.5. The Morgan fingerprint density at radius 3 is 2.84 bits per heavy atom. The highest BCUT2D eigenvalue weighted by molar-refractivity contribution is 6.17. The van der Waals surface area contributed by atoms with Gasteiger partial charge in [-0.1, -0.05) is 12.1 Å². The maximum absolute atomic E-state index is 11.8. The standard InChI is InChI=1S/C14H21ClN2O2/c1-17(2)7-9-19-8-6-16-14(18)13-5-3-4-12(10-13)11-15/h3-5,10H,6-9,11H2,1-2H3,(H,16,18). The number of hydrogen-bond donors (Lipinski definition) is 1. The predicted octanol–water partition coefficient (Wildman–Crippen LogP) is 1.73. The second-order valence-corrected chi connectivity index (χ2v) is 4.77. The smallest absolute Gasteiger partial charge is 0.251 e. The van der Waals surface area contributed by atoms with E-state index in [1.54, 1.807) is 12.1 Å². The molecular formula is C14H21ClN2O2. The van der Waals surface area contributed by atoms with Crippen LogP contribution in [0.25, 0.3) is 0 Å². The van der Waals surface area contributed by atoms with Crippen LogP contribution in [0.3, 0.4) is 0 Å². The molecule has 0 saturated carbocycles. The summed E-state index contributed by atoms with van der Waals surface area (Å²) < 4.78 is 5.40. The zero-order valence-corrected chi connectivity index (χ0v) is 12.2. The minimum atomic E-state index is -0.0943. The van der Waals surface area contributed by atoms with Crippen molar-refractivity contribution in [3.8, 4) is 0 Å². The molecule has 0 aliphatic rings.